The summed E-state index contributed by atoms with van der Waals surface area (Å²) in [6, 6.07) is -2.65. The van der Waals surface area contributed by atoms with Crippen LogP contribution in [0.15, 0.2) is 0 Å². The molecule has 0 heterocycles. The molecule has 6 amide bonds. The summed E-state index contributed by atoms with van der Waals surface area (Å²) in [5, 5.41) is 25.8. The summed E-state index contributed by atoms with van der Waals surface area (Å²) in [4.78, 5) is 86.5. The minimum Gasteiger partial charge on any atom is -0.481 e. The van der Waals surface area contributed by atoms with Crippen molar-refractivity contribution in [3.63, 3.8) is 0 Å². The zero-order valence-corrected chi connectivity index (χ0v) is 31.8. The summed E-state index contributed by atoms with van der Waals surface area (Å²) in [6.45, 7) is 18.5. The predicted octanol–water partition coefficient (Wildman–Crippen LogP) is 1.33. The fourth-order valence-electron chi connectivity index (χ4n) is 4.92. The Labute approximate surface area is 298 Å². The van der Waals surface area contributed by atoms with Gasteiger partial charge in [-0.25, -0.2) is 0 Å². The summed E-state index contributed by atoms with van der Waals surface area (Å²) in [7, 11) is 0. The Morgan fingerprint density at radius 2 is 0.820 bits per heavy atom. The van der Waals surface area contributed by atoms with Gasteiger partial charge in [-0.1, -0.05) is 55.4 Å². The Bertz CT molecular complexity index is 1130. The summed E-state index contributed by atoms with van der Waals surface area (Å²) >= 11 is 0. The molecule has 0 rings (SSSR count). The monoisotopic (exact) mass is 711 g/mol. The first-order valence-corrected chi connectivity index (χ1v) is 17.8. The summed E-state index contributed by atoms with van der Waals surface area (Å²) in [5.41, 5.74) is 5.96. The molecule has 15 nitrogen and oxygen atoms in total. The summed E-state index contributed by atoms with van der Waals surface area (Å²) in [5.74, 6) is -2.97. The third-order valence-electron chi connectivity index (χ3n) is 8.41. The van der Waals surface area contributed by atoms with E-state index in [0.29, 0.717) is 0 Å². The largest absolute Gasteiger partial charge is 0.481 e. The highest BCUT2D eigenvalue weighted by atomic mass is 16.4. The topological polar surface area (TPSA) is 238 Å². The van der Waals surface area contributed by atoms with Gasteiger partial charge in [0.1, 0.15) is 0 Å². The molecule has 0 aromatic rings. The number of carboxylic acid groups (broad SMARTS) is 1. The van der Waals surface area contributed by atoms with Crippen molar-refractivity contribution in [1.82, 2.24) is 31.9 Å². The van der Waals surface area contributed by atoms with Crippen LogP contribution in [0.25, 0.3) is 0 Å². The molecular formula is C35H65N7O8. The molecule has 0 aliphatic heterocycles. The van der Waals surface area contributed by atoms with Gasteiger partial charge in [0.2, 0.25) is 35.4 Å². The SMILES string of the molecule is CC(C)[C@H](CC(=O)O)NC(=O)C[C@H](C)NC(=O)C[C@H](NC(=O)CCNC(=O)C[C@H](NC(=O)C[C@H](C)NC(=O)C[C@H](N)C(C)C)C(C)C)C(C)C. The van der Waals surface area contributed by atoms with E-state index < -0.39 is 36.2 Å². The number of nitrogens with one attached hydrogen (secondary N) is 6. The molecule has 0 aromatic carbocycles. The quantitative estimate of drug-likeness (QED) is 0.0720. The minimum atomic E-state index is -1.01. The lowest BCUT2D eigenvalue weighted by molar-refractivity contribution is -0.138. The molecule has 0 spiro atoms. The van der Waals surface area contributed by atoms with Gasteiger partial charge >= 0.3 is 5.97 Å². The molecule has 0 unspecified atom stereocenters. The van der Waals surface area contributed by atoms with Crippen molar-refractivity contribution in [1.29, 1.82) is 0 Å². The number of amides is 6. The van der Waals surface area contributed by atoms with E-state index in [1.165, 1.54) is 0 Å². The van der Waals surface area contributed by atoms with Crippen LogP contribution in [0.2, 0.25) is 0 Å². The maximum atomic E-state index is 12.7. The van der Waals surface area contributed by atoms with Crippen LogP contribution < -0.4 is 37.6 Å². The standard InChI is InChI=1S/C35H65N7O8/c1-19(2)25(36)15-33(47)38-23(9)13-31(45)41-26(20(3)4)16-30(44)37-12-11-29(43)40-27(21(5)6)17-34(48)39-24(10)14-32(46)42-28(22(7)8)18-35(49)50/h19-28H,11-18,36H2,1-10H3,(H,37,44)(H,38,47)(H,39,48)(H,40,43)(H,41,45)(H,42,46)(H,49,50)/t23-,24-,25-,26-,27-,28-/m0/s1. The maximum Gasteiger partial charge on any atom is 0.305 e. The van der Waals surface area contributed by atoms with E-state index in [0.717, 1.165) is 0 Å². The fourth-order valence-corrected chi connectivity index (χ4v) is 4.92. The lowest BCUT2D eigenvalue weighted by Gasteiger charge is -2.24. The van der Waals surface area contributed by atoms with Crippen LogP contribution in [0.3, 0.4) is 0 Å². The highest BCUT2D eigenvalue weighted by molar-refractivity contribution is 5.83. The van der Waals surface area contributed by atoms with Crippen LogP contribution in [0.1, 0.15) is 114 Å². The number of carboxylic acids is 1. The number of hydrogen-bond acceptors (Lipinski definition) is 8. The average molecular weight is 712 g/mol. The van der Waals surface area contributed by atoms with Crippen LogP contribution in [-0.2, 0) is 33.6 Å². The second kappa shape index (κ2) is 23.6. The van der Waals surface area contributed by atoms with Crippen molar-refractivity contribution in [2.45, 2.75) is 150 Å². The Balaban J connectivity index is 4.75. The van der Waals surface area contributed by atoms with E-state index >= 15 is 0 Å². The van der Waals surface area contributed by atoms with Gasteiger partial charge in [0, 0.05) is 81.3 Å². The number of carbonyl (C=O) groups excluding carboxylic acids is 6. The van der Waals surface area contributed by atoms with Crippen LogP contribution >= 0.6 is 0 Å². The first-order valence-electron chi connectivity index (χ1n) is 17.8. The van der Waals surface area contributed by atoms with Gasteiger partial charge in [-0.05, 0) is 37.5 Å². The molecule has 15 heteroatoms. The van der Waals surface area contributed by atoms with Crippen molar-refractivity contribution in [3.05, 3.63) is 0 Å². The summed E-state index contributed by atoms with van der Waals surface area (Å²) < 4.78 is 0. The third kappa shape index (κ3) is 21.4. The number of rotatable bonds is 24. The maximum absolute atomic E-state index is 12.7. The van der Waals surface area contributed by atoms with Crippen molar-refractivity contribution in [2.24, 2.45) is 29.4 Å². The second-order valence-corrected chi connectivity index (χ2v) is 14.8. The fraction of sp³-hybridized carbons (Fsp3) is 0.800. The molecule has 0 bridgehead atoms. The highest BCUT2D eigenvalue weighted by Crippen LogP contribution is 2.10. The molecule has 0 saturated carbocycles. The molecule has 0 aliphatic carbocycles. The van der Waals surface area contributed by atoms with Crippen LogP contribution in [0, 0.1) is 23.7 Å². The van der Waals surface area contributed by atoms with E-state index in [-0.39, 0.29) is 117 Å². The first kappa shape index (κ1) is 46.2. The molecule has 0 aromatic heterocycles. The van der Waals surface area contributed by atoms with Gasteiger partial charge in [-0.3, -0.25) is 33.6 Å². The van der Waals surface area contributed by atoms with Crippen LogP contribution in [-0.4, -0.2) is 89.3 Å². The molecule has 9 N–H and O–H groups in total. The molecule has 0 fully saturated rings. The molecule has 6 atom stereocenters. The normalized spacial score (nSPS) is 15.0. The van der Waals surface area contributed by atoms with Crippen LogP contribution in [0.5, 0.6) is 0 Å². The average Bonchev–Trinajstić information content (AvgIpc) is 2.95. The van der Waals surface area contributed by atoms with Gasteiger partial charge < -0.3 is 42.7 Å². The van der Waals surface area contributed by atoms with E-state index in [2.05, 4.69) is 31.9 Å². The van der Waals surface area contributed by atoms with Crippen molar-refractivity contribution in [3.8, 4) is 0 Å². The van der Waals surface area contributed by atoms with Gasteiger partial charge in [0.15, 0.2) is 0 Å². The zero-order valence-electron chi connectivity index (χ0n) is 31.8. The predicted molar refractivity (Wildman–Crippen MR) is 191 cm³/mol. The van der Waals surface area contributed by atoms with Crippen molar-refractivity contribution >= 4 is 41.4 Å². The lowest BCUT2D eigenvalue weighted by Crippen LogP contribution is -2.46. The molecule has 0 saturated heterocycles. The number of carbonyl (C=O) groups is 7. The smallest absolute Gasteiger partial charge is 0.305 e. The van der Waals surface area contributed by atoms with E-state index in [1.807, 2.05) is 55.4 Å². The Morgan fingerprint density at radius 3 is 1.22 bits per heavy atom. The van der Waals surface area contributed by atoms with Gasteiger partial charge in [0.25, 0.3) is 0 Å². The van der Waals surface area contributed by atoms with Gasteiger partial charge in [-0.15, -0.1) is 0 Å². The number of aliphatic carboxylic acids is 1. The van der Waals surface area contributed by atoms with E-state index in [1.54, 1.807) is 13.8 Å². The highest BCUT2D eigenvalue weighted by Gasteiger charge is 2.25. The molecule has 288 valence electrons. The first-order chi connectivity index (χ1) is 23.1. The lowest BCUT2D eigenvalue weighted by atomic mass is 9.99. The molecule has 50 heavy (non-hydrogen) atoms. The molecular weight excluding hydrogens is 646 g/mol. The van der Waals surface area contributed by atoms with E-state index in [9.17, 15) is 33.6 Å². The van der Waals surface area contributed by atoms with E-state index in [4.69, 9.17) is 10.8 Å². The Kier molecular flexibility index (Phi) is 21.8. The third-order valence-corrected chi connectivity index (χ3v) is 8.41. The summed E-state index contributed by atoms with van der Waals surface area (Å²) in [6.07, 6.45) is -0.0284. The molecule has 0 aliphatic rings. The number of nitrogens with two attached hydrogens (primary N) is 1. The van der Waals surface area contributed by atoms with Crippen molar-refractivity contribution < 1.29 is 38.7 Å². The Hall–Kier alpha value is -3.75. The van der Waals surface area contributed by atoms with Gasteiger partial charge in [0.05, 0.1) is 6.42 Å². The van der Waals surface area contributed by atoms with Gasteiger partial charge in [-0.2, -0.15) is 0 Å². The molecule has 0 radical (unpaired) electrons. The Morgan fingerprint density at radius 1 is 0.460 bits per heavy atom. The van der Waals surface area contributed by atoms with Crippen molar-refractivity contribution in [2.75, 3.05) is 6.54 Å². The number of hydrogen-bond donors (Lipinski definition) is 8. The minimum absolute atomic E-state index is 0.0116. The van der Waals surface area contributed by atoms with Crippen LogP contribution in [0.4, 0.5) is 0 Å². The zero-order chi connectivity index (χ0) is 38.7. The second-order valence-electron chi connectivity index (χ2n) is 14.8.